The quantitative estimate of drug-likeness (QED) is 0.823. The highest BCUT2D eigenvalue weighted by atomic mass is 16.2. The van der Waals surface area contributed by atoms with E-state index in [1.807, 2.05) is 6.92 Å². The van der Waals surface area contributed by atoms with Crippen LogP contribution in [0.3, 0.4) is 0 Å². The Labute approximate surface area is 117 Å². The molecule has 4 nitrogen and oxygen atoms in total. The van der Waals surface area contributed by atoms with E-state index >= 15 is 0 Å². The van der Waals surface area contributed by atoms with Crippen LogP contribution >= 0.6 is 0 Å². The average molecular weight is 267 g/mol. The van der Waals surface area contributed by atoms with Gasteiger partial charge in [0.05, 0.1) is 12.2 Å². The minimum atomic E-state index is -0.0190. The van der Waals surface area contributed by atoms with Crippen LogP contribution in [0.15, 0.2) is 0 Å². The number of likely N-dealkylation sites (tertiary alicyclic amines) is 1. The van der Waals surface area contributed by atoms with Crippen LogP contribution in [0.2, 0.25) is 0 Å². The molecule has 0 aromatic carbocycles. The Morgan fingerprint density at radius 2 is 1.89 bits per heavy atom. The second-order valence-electron chi connectivity index (χ2n) is 6.62. The zero-order valence-electron chi connectivity index (χ0n) is 12.9. The Bertz CT molecular complexity index is 313. The number of carbonyl (C=O) groups is 1. The van der Waals surface area contributed by atoms with E-state index in [-0.39, 0.29) is 18.1 Å². The standard InChI is InChI=1S/C15H29N3O/c1-11(2)9-14-16-13(4)15(19)18(14)10-12(3)17-7-5-6-8-17/h11-14,16H,5-10H2,1-4H3. The molecule has 2 heterocycles. The molecule has 0 bridgehead atoms. The van der Waals surface area contributed by atoms with E-state index in [1.54, 1.807) is 0 Å². The third-order valence-electron chi connectivity index (χ3n) is 4.39. The van der Waals surface area contributed by atoms with Crippen molar-refractivity contribution in [1.29, 1.82) is 0 Å². The third-order valence-corrected chi connectivity index (χ3v) is 4.39. The molecule has 0 aromatic heterocycles. The van der Waals surface area contributed by atoms with Gasteiger partial charge in [-0.05, 0) is 52.1 Å². The Balaban J connectivity index is 1.96. The van der Waals surface area contributed by atoms with Crippen LogP contribution in [0.5, 0.6) is 0 Å². The zero-order chi connectivity index (χ0) is 14.0. The molecule has 2 rings (SSSR count). The zero-order valence-corrected chi connectivity index (χ0v) is 12.9. The molecule has 0 aromatic rings. The lowest BCUT2D eigenvalue weighted by Crippen LogP contribution is -2.46. The molecule has 2 aliphatic heterocycles. The summed E-state index contributed by atoms with van der Waals surface area (Å²) in [6.45, 7) is 11.9. The van der Waals surface area contributed by atoms with Gasteiger partial charge in [0.25, 0.3) is 0 Å². The minimum Gasteiger partial charge on any atom is -0.324 e. The number of rotatable bonds is 5. The van der Waals surface area contributed by atoms with Crippen molar-refractivity contribution in [3.8, 4) is 0 Å². The third kappa shape index (κ3) is 3.48. The van der Waals surface area contributed by atoms with Gasteiger partial charge in [0.1, 0.15) is 0 Å². The molecule has 2 aliphatic rings. The van der Waals surface area contributed by atoms with Gasteiger partial charge in [-0.2, -0.15) is 0 Å². The average Bonchev–Trinajstić information content (AvgIpc) is 2.93. The molecule has 3 unspecified atom stereocenters. The Kier molecular flexibility index (Phi) is 4.85. The van der Waals surface area contributed by atoms with Crippen molar-refractivity contribution in [1.82, 2.24) is 15.1 Å². The maximum absolute atomic E-state index is 12.3. The van der Waals surface area contributed by atoms with E-state index in [0.717, 1.165) is 13.0 Å². The molecule has 1 amide bonds. The molecule has 0 saturated carbocycles. The summed E-state index contributed by atoms with van der Waals surface area (Å²) in [6, 6.07) is 0.461. The number of carbonyl (C=O) groups excluding carboxylic acids is 1. The lowest BCUT2D eigenvalue weighted by molar-refractivity contribution is -0.130. The summed E-state index contributed by atoms with van der Waals surface area (Å²) < 4.78 is 0. The number of hydrogen-bond donors (Lipinski definition) is 1. The molecular weight excluding hydrogens is 238 g/mol. The van der Waals surface area contributed by atoms with Gasteiger partial charge in [0.15, 0.2) is 0 Å². The fourth-order valence-electron chi connectivity index (χ4n) is 3.29. The maximum Gasteiger partial charge on any atom is 0.240 e. The first kappa shape index (κ1) is 14.8. The predicted molar refractivity (Wildman–Crippen MR) is 77.8 cm³/mol. The SMILES string of the molecule is CC(C)CC1NC(C)C(=O)N1CC(C)N1CCCC1. The van der Waals surface area contributed by atoms with E-state index in [4.69, 9.17) is 0 Å². The van der Waals surface area contributed by atoms with Gasteiger partial charge in [-0.25, -0.2) is 0 Å². The van der Waals surface area contributed by atoms with Crippen LogP contribution in [0.25, 0.3) is 0 Å². The number of amides is 1. The fraction of sp³-hybridized carbons (Fsp3) is 0.933. The van der Waals surface area contributed by atoms with Gasteiger partial charge in [0.2, 0.25) is 5.91 Å². The monoisotopic (exact) mass is 267 g/mol. The molecule has 2 fully saturated rings. The van der Waals surface area contributed by atoms with Gasteiger partial charge in [-0.1, -0.05) is 13.8 Å². The van der Waals surface area contributed by atoms with Crippen molar-refractivity contribution in [2.75, 3.05) is 19.6 Å². The highest BCUT2D eigenvalue weighted by Gasteiger charge is 2.37. The summed E-state index contributed by atoms with van der Waals surface area (Å²) in [5, 5.41) is 3.44. The van der Waals surface area contributed by atoms with Crippen molar-refractivity contribution >= 4 is 5.91 Å². The van der Waals surface area contributed by atoms with Crippen molar-refractivity contribution < 1.29 is 4.79 Å². The molecule has 2 saturated heterocycles. The summed E-state index contributed by atoms with van der Waals surface area (Å²) in [5.41, 5.74) is 0. The van der Waals surface area contributed by atoms with Crippen LogP contribution < -0.4 is 5.32 Å². The summed E-state index contributed by atoms with van der Waals surface area (Å²) in [4.78, 5) is 16.9. The molecule has 1 N–H and O–H groups in total. The first-order valence-corrected chi connectivity index (χ1v) is 7.79. The molecule has 110 valence electrons. The minimum absolute atomic E-state index is 0.0190. The topological polar surface area (TPSA) is 35.6 Å². The lowest BCUT2D eigenvalue weighted by atomic mass is 10.1. The highest BCUT2D eigenvalue weighted by Crippen LogP contribution is 2.20. The largest absolute Gasteiger partial charge is 0.324 e. The molecule has 0 radical (unpaired) electrons. The second kappa shape index (κ2) is 6.23. The summed E-state index contributed by atoms with van der Waals surface area (Å²) in [6.07, 6.45) is 3.89. The lowest BCUT2D eigenvalue weighted by Gasteiger charge is -2.32. The van der Waals surface area contributed by atoms with E-state index in [2.05, 4.69) is 35.9 Å². The fourth-order valence-corrected chi connectivity index (χ4v) is 3.29. The first-order chi connectivity index (χ1) is 8.99. The van der Waals surface area contributed by atoms with Crippen LogP contribution in [0.4, 0.5) is 0 Å². The molecule has 0 spiro atoms. The van der Waals surface area contributed by atoms with Gasteiger partial charge in [-0.3, -0.25) is 15.0 Å². The smallest absolute Gasteiger partial charge is 0.240 e. The van der Waals surface area contributed by atoms with E-state index in [9.17, 15) is 4.79 Å². The normalized spacial score (nSPS) is 30.6. The van der Waals surface area contributed by atoms with Crippen LogP contribution in [-0.4, -0.2) is 53.6 Å². The van der Waals surface area contributed by atoms with Gasteiger partial charge < -0.3 is 4.90 Å². The maximum atomic E-state index is 12.3. The highest BCUT2D eigenvalue weighted by molar-refractivity contribution is 5.83. The van der Waals surface area contributed by atoms with E-state index in [0.29, 0.717) is 12.0 Å². The second-order valence-corrected chi connectivity index (χ2v) is 6.62. The predicted octanol–water partition coefficient (Wildman–Crippen LogP) is 1.66. The Hall–Kier alpha value is -0.610. The first-order valence-electron chi connectivity index (χ1n) is 7.79. The van der Waals surface area contributed by atoms with Crippen molar-refractivity contribution in [2.24, 2.45) is 5.92 Å². The van der Waals surface area contributed by atoms with Gasteiger partial charge >= 0.3 is 0 Å². The number of nitrogens with one attached hydrogen (secondary N) is 1. The van der Waals surface area contributed by atoms with Crippen molar-refractivity contribution in [2.45, 2.75) is 65.2 Å². The number of hydrogen-bond acceptors (Lipinski definition) is 3. The van der Waals surface area contributed by atoms with E-state index < -0.39 is 0 Å². The molecule has 4 heteroatoms. The molecular formula is C15H29N3O. The summed E-state index contributed by atoms with van der Waals surface area (Å²) >= 11 is 0. The molecule has 3 atom stereocenters. The Morgan fingerprint density at radius 3 is 2.47 bits per heavy atom. The van der Waals surface area contributed by atoms with Crippen LogP contribution in [0.1, 0.15) is 47.0 Å². The summed E-state index contributed by atoms with van der Waals surface area (Å²) in [7, 11) is 0. The van der Waals surface area contributed by atoms with Gasteiger partial charge in [0, 0.05) is 12.6 Å². The Morgan fingerprint density at radius 1 is 1.26 bits per heavy atom. The molecule has 19 heavy (non-hydrogen) atoms. The van der Waals surface area contributed by atoms with Crippen molar-refractivity contribution in [3.63, 3.8) is 0 Å². The van der Waals surface area contributed by atoms with Crippen LogP contribution in [-0.2, 0) is 4.79 Å². The van der Waals surface area contributed by atoms with E-state index in [1.165, 1.54) is 25.9 Å². The van der Waals surface area contributed by atoms with Crippen LogP contribution in [0, 0.1) is 5.92 Å². The number of nitrogens with zero attached hydrogens (tertiary/aromatic N) is 2. The molecule has 0 aliphatic carbocycles. The van der Waals surface area contributed by atoms with Crippen molar-refractivity contribution in [3.05, 3.63) is 0 Å². The van der Waals surface area contributed by atoms with Gasteiger partial charge in [-0.15, -0.1) is 0 Å². The summed E-state index contributed by atoms with van der Waals surface area (Å²) in [5.74, 6) is 0.886.